The summed E-state index contributed by atoms with van der Waals surface area (Å²) in [5.74, 6) is 3.30. The van der Waals surface area contributed by atoms with Gasteiger partial charge in [0, 0.05) is 39.4 Å². The van der Waals surface area contributed by atoms with Crippen molar-refractivity contribution < 1.29 is 14.2 Å². The Kier molecular flexibility index (Phi) is 7.97. The minimum Gasteiger partial charge on any atom is -0.454 e. The van der Waals surface area contributed by atoms with Crippen LogP contribution >= 0.6 is 24.0 Å². The predicted octanol–water partition coefficient (Wildman–Crippen LogP) is 2.52. The molecule has 2 aromatic rings. The molecule has 0 amide bonds. The zero-order valence-electron chi connectivity index (χ0n) is 17.3. The zero-order valence-corrected chi connectivity index (χ0v) is 19.6. The number of nitrogens with zero attached hydrogens (tertiary/aromatic N) is 3. The van der Waals surface area contributed by atoms with Crippen molar-refractivity contribution in [1.82, 2.24) is 15.6 Å². The molecule has 0 bridgehead atoms. The van der Waals surface area contributed by atoms with Gasteiger partial charge in [-0.1, -0.05) is 12.1 Å². The molecule has 2 aliphatic rings. The summed E-state index contributed by atoms with van der Waals surface area (Å²) in [6.45, 7) is 6.17. The Morgan fingerprint density at radius 3 is 2.63 bits per heavy atom. The number of aliphatic imine (C=N–C) groups is 1. The number of hydrogen-bond acceptors (Lipinski definition) is 6. The maximum Gasteiger partial charge on any atom is 0.231 e. The number of aromatic nitrogens is 1. The molecule has 0 spiro atoms. The van der Waals surface area contributed by atoms with Gasteiger partial charge in [-0.2, -0.15) is 0 Å². The number of ether oxygens (including phenoxy) is 3. The fraction of sp³-hybridized carbons (Fsp3) is 0.429. The van der Waals surface area contributed by atoms with Crippen molar-refractivity contribution in [3.8, 4) is 11.5 Å². The number of pyridine rings is 1. The maximum absolute atomic E-state index is 5.59. The lowest BCUT2D eigenvalue weighted by Crippen LogP contribution is -2.41. The molecular formula is C21H28IN5O3. The SMILES string of the molecule is CN=C(NCc1ccc(N2CCOC(C)C2)nc1)NCc1ccc2c(c1)OCO2.I. The van der Waals surface area contributed by atoms with Crippen molar-refractivity contribution in [3.63, 3.8) is 0 Å². The molecule has 30 heavy (non-hydrogen) atoms. The van der Waals surface area contributed by atoms with E-state index in [9.17, 15) is 0 Å². The largest absolute Gasteiger partial charge is 0.454 e. The van der Waals surface area contributed by atoms with Gasteiger partial charge >= 0.3 is 0 Å². The molecule has 1 aromatic heterocycles. The van der Waals surface area contributed by atoms with Gasteiger partial charge < -0.3 is 29.7 Å². The quantitative estimate of drug-likeness (QED) is 0.353. The number of halogens is 1. The highest BCUT2D eigenvalue weighted by molar-refractivity contribution is 14.0. The van der Waals surface area contributed by atoms with Crippen LogP contribution in [-0.4, -0.2) is 50.6 Å². The number of rotatable bonds is 5. The average molecular weight is 525 g/mol. The minimum atomic E-state index is 0. The smallest absolute Gasteiger partial charge is 0.231 e. The van der Waals surface area contributed by atoms with E-state index in [-0.39, 0.29) is 36.9 Å². The maximum atomic E-state index is 5.59. The molecule has 1 saturated heterocycles. The van der Waals surface area contributed by atoms with Crippen molar-refractivity contribution in [2.75, 3.05) is 38.4 Å². The van der Waals surface area contributed by atoms with Crippen LogP contribution in [0.5, 0.6) is 11.5 Å². The lowest BCUT2D eigenvalue weighted by Gasteiger charge is -2.32. The van der Waals surface area contributed by atoms with Gasteiger partial charge in [0.1, 0.15) is 5.82 Å². The van der Waals surface area contributed by atoms with Gasteiger partial charge in [-0.3, -0.25) is 4.99 Å². The van der Waals surface area contributed by atoms with E-state index in [0.29, 0.717) is 13.1 Å². The molecule has 0 saturated carbocycles. The van der Waals surface area contributed by atoms with Crippen LogP contribution in [0.1, 0.15) is 18.1 Å². The Hall–Kier alpha value is -2.27. The third kappa shape index (κ3) is 5.66. The third-order valence-electron chi connectivity index (χ3n) is 4.95. The van der Waals surface area contributed by atoms with E-state index in [2.05, 4.69) is 44.6 Å². The molecule has 1 aromatic carbocycles. The van der Waals surface area contributed by atoms with E-state index >= 15 is 0 Å². The highest BCUT2D eigenvalue weighted by Crippen LogP contribution is 2.32. The van der Waals surface area contributed by atoms with Crippen molar-refractivity contribution in [2.45, 2.75) is 26.1 Å². The normalized spacial score (nSPS) is 18.0. The summed E-state index contributed by atoms with van der Waals surface area (Å²) in [6, 6.07) is 10.1. The van der Waals surface area contributed by atoms with Gasteiger partial charge in [0.15, 0.2) is 17.5 Å². The Morgan fingerprint density at radius 2 is 1.90 bits per heavy atom. The first-order chi connectivity index (χ1) is 14.2. The number of fused-ring (bicyclic) bond motifs is 1. The van der Waals surface area contributed by atoms with Gasteiger partial charge in [-0.05, 0) is 36.2 Å². The summed E-state index contributed by atoms with van der Waals surface area (Å²) in [5, 5.41) is 6.64. The topological polar surface area (TPSA) is 80.2 Å². The second-order valence-corrected chi connectivity index (χ2v) is 7.12. The van der Waals surface area contributed by atoms with Crippen LogP contribution in [0.3, 0.4) is 0 Å². The standard InChI is InChI=1S/C21H27N5O3.HI/c1-15-13-26(7-8-27-15)20-6-4-17(11-23-20)12-25-21(22-2)24-10-16-3-5-18-19(9-16)29-14-28-18;/h3-6,9,11,15H,7-8,10,12-14H2,1-2H3,(H2,22,24,25);1H. The van der Waals surface area contributed by atoms with E-state index in [0.717, 1.165) is 54.1 Å². The van der Waals surface area contributed by atoms with Crippen molar-refractivity contribution >= 4 is 35.8 Å². The predicted molar refractivity (Wildman–Crippen MR) is 127 cm³/mol. The monoisotopic (exact) mass is 525 g/mol. The van der Waals surface area contributed by atoms with Gasteiger partial charge in [-0.15, -0.1) is 24.0 Å². The summed E-state index contributed by atoms with van der Waals surface area (Å²) in [5.41, 5.74) is 2.20. The second kappa shape index (κ2) is 10.7. The van der Waals surface area contributed by atoms with Crippen LogP contribution in [0.15, 0.2) is 41.5 Å². The Morgan fingerprint density at radius 1 is 1.13 bits per heavy atom. The van der Waals surface area contributed by atoms with E-state index in [1.807, 2.05) is 24.4 Å². The first-order valence-corrected chi connectivity index (χ1v) is 9.86. The third-order valence-corrected chi connectivity index (χ3v) is 4.95. The fourth-order valence-electron chi connectivity index (χ4n) is 3.38. The van der Waals surface area contributed by atoms with Gasteiger partial charge in [-0.25, -0.2) is 4.98 Å². The average Bonchev–Trinajstić information content (AvgIpc) is 3.22. The highest BCUT2D eigenvalue weighted by Gasteiger charge is 2.17. The van der Waals surface area contributed by atoms with Crippen LogP contribution in [-0.2, 0) is 17.8 Å². The van der Waals surface area contributed by atoms with Crippen molar-refractivity contribution in [2.24, 2.45) is 4.99 Å². The van der Waals surface area contributed by atoms with Gasteiger partial charge in [0.05, 0.1) is 12.7 Å². The Balaban J connectivity index is 0.00000256. The number of guanidine groups is 1. The first kappa shape index (κ1) is 22.4. The molecule has 4 rings (SSSR count). The number of benzene rings is 1. The molecule has 2 aliphatic heterocycles. The molecule has 1 fully saturated rings. The van der Waals surface area contributed by atoms with Gasteiger partial charge in [0.25, 0.3) is 0 Å². The molecule has 8 nitrogen and oxygen atoms in total. The van der Waals surface area contributed by atoms with Crippen LogP contribution < -0.4 is 25.0 Å². The molecular weight excluding hydrogens is 497 g/mol. The lowest BCUT2D eigenvalue weighted by atomic mass is 10.2. The van der Waals surface area contributed by atoms with Gasteiger partial charge in [0.2, 0.25) is 6.79 Å². The first-order valence-electron chi connectivity index (χ1n) is 9.86. The van der Waals surface area contributed by atoms with Crippen molar-refractivity contribution in [1.29, 1.82) is 0 Å². The van der Waals surface area contributed by atoms with E-state index in [1.165, 1.54) is 0 Å². The molecule has 3 heterocycles. The van der Waals surface area contributed by atoms with Crippen LogP contribution in [0.25, 0.3) is 0 Å². The number of morpholine rings is 1. The molecule has 1 atom stereocenters. The summed E-state index contributed by atoms with van der Waals surface area (Å²) in [7, 11) is 1.76. The van der Waals surface area contributed by atoms with Crippen LogP contribution in [0.4, 0.5) is 5.82 Å². The highest BCUT2D eigenvalue weighted by atomic mass is 127. The number of hydrogen-bond donors (Lipinski definition) is 2. The molecule has 0 aliphatic carbocycles. The minimum absolute atomic E-state index is 0. The summed E-state index contributed by atoms with van der Waals surface area (Å²) in [6.07, 6.45) is 2.15. The Bertz CT molecular complexity index is 862. The van der Waals surface area contributed by atoms with Crippen LogP contribution in [0.2, 0.25) is 0 Å². The second-order valence-electron chi connectivity index (χ2n) is 7.12. The molecule has 162 valence electrons. The molecule has 9 heteroatoms. The molecule has 0 radical (unpaired) electrons. The van der Waals surface area contributed by atoms with E-state index < -0.39 is 0 Å². The van der Waals surface area contributed by atoms with E-state index in [1.54, 1.807) is 7.05 Å². The zero-order chi connectivity index (χ0) is 20.1. The fourth-order valence-corrected chi connectivity index (χ4v) is 3.38. The molecule has 2 N–H and O–H groups in total. The van der Waals surface area contributed by atoms with E-state index in [4.69, 9.17) is 14.2 Å². The molecule has 1 unspecified atom stereocenters. The Labute approximate surface area is 194 Å². The summed E-state index contributed by atoms with van der Waals surface area (Å²) >= 11 is 0. The van der Waals surface area contributed by atoms with Crippen molar-refractivity contribution in [3.05, 3.63) is 47.7 Å². The van der Waals surface area contributed by atoms with Crippen LogP contribution in [0, 0.1) is 0 Å². The summed E-state index contributed by atoms with van der Waals surface area (Å²) in [4.78, 5) is 11.2. The number of anilines is 1. The lowest BCUT2D eigenvalue weighted by molar-refractivity contribution is 0.0529. The number of nitrogens with one attached hydrogen (secondary N) is 2. The summed E-state index contributed by atoms with van der Waals surface area (Å²) < 4.78 is 16.4.